The van der Waals surface area contributed by atoms with Gasteiger partial charge in [0.25, 0.3) is 0 Å². The van der Waals surface area contributed by atoms with Gasteiger partial charge in [-0.15, -0.1) is 0 Å². The van der Waals surface area contributed by atoms with E-state index in [1.165, 1.54) is 30.4 Å². The van der Waals surface area contributed by atoms with Gasteiger partial charge in [0.1, 0.15) is 0 Å². The topological polar surface area (TPSA) is 21.3 Å². The average molecular weight is 259 g/mol. The van der Waals surface area contributed by atoms with Crippen LogP contribution in [0, 0.1) is 5.92 Å². The van der Waals surface area contributed by atoms with Crippen LogP contribution in [0.1, 0.15) is 37.3 Å². The Morgan fingerprint density at radius 1 is 1.16 bits per heavy atom. The molecule has 0 radical (unpaired) electrons. The van der Waals surface area contributed by atoms with Crippen molar-refractivity contribution in [2.75, 3.05) is 13.2 Å². The van der Waals surface area contributed by atoms with E-state index in [1.54, 1.807) is 0 Å². The predicted molar refractivity (Wildman–Crippen MR) is 80.0 cm³/mol. The monoisotopic (exact) mass is 259 g/mol. The summed E-state index contributed by atoms with van der Waals surface area (Å²) in [5, 5.41) is 3.57. The molecule has 0 aliphatic heterocycles. The van der Waals surface area contributed by atoms with Gasteiger partial charge < -0.3 is 10.1 Å². The van der Waals surface area contributed by atoms with Gasteiger partial charge in [-0.05, 0) is 49.8 Å². The third-order valence-electron chi connectivity index (χ3n) is 3.64. The molecule has 0 aromatic heterocycles. The van der Waals surface area contributed by atoms with Gasteiger partial charge in [0, 0.05) is 13.2 Å². The molecule has 19 heavy (non-hydrogen) atoms. The lowest BCUT2D eigenvalue weighted by atomic mass is 9.94. The van der Waals surface area contributed by atoms with Crippen LogP contribution in [0.2, 0.25) is 0 Å². The number of nitrogens with one attached hydrogen (secondary N) is 1. The Hall–Kier alpha value is -1.12. The molecule has 0 amide bonds. The van der Waals surface area contributed by atoms with Crippen LogP contribution in [0.3, 0.4) is 0 Å². The van der Waals surface area contributed by atoms with Gasteiger partial charge in [0.2, 0.25) is 0 Å². The Kier molecular flexibility index (Phi) is 6.12. The van der Waals surface area contributed by atoms with E-state index in [0.29, 0.717) is 0 Å². The van der Waals surface area contributed by atoms with E-state index < -0.39 is 0 Å². The minimum Gasteiger partial charge on any atom is -0.377 e. The second-order valence-corrected chi connectivity index (χ2v) is 5.24. The molecule has 0 spiro atoms. The lowest BCUT2D eigenvalue weighted by Crippen LogP contribution is -2.23. The molecule has 1 atom stereocenters. The van der Waals surface area contributed by atoms with Crippen molar-refractivity contribution < 1.29 is 4.74 Å². The highest BCUT2D eigenvalue weighted by Gasteiger charge is 2.08. The maximum Gasteiger partial charge on any atom is 0.0716 e. The zero-order valence-electron chi connectivity index (χ0n) is 11.9. The average Bonchev–Trinajstić information content (AvgIpc) is 2.47. The number of benzene rings is 1. The Morgan fingerprint density at radius 2 is 1.95 bits per heavy atom. The van der Waals surface area contributed by atoms with E-state index in [-0.39, 0.29) is 0 Å². The highest BCUT2D eigenvalue weighted by Crippen LogP contribution is 2.17. The molecule has 0 bridgehead atoms. The van der Waals surface area contributed by atoms with E-state index in [9.17, 15) is 0 Å². The van der Waals surface area contributed by atoms with Crippen LogP contribution in [0.4, 0.5) is 0 Å². The summed E-state index contributed by atoms with van der Waals surface area (Å²) in [6.07, 6.45) is 8.43. The van der Waals surface area contributed by atoms with E-state index in [1.807, 2.05) is 6.92 Å². The van der Waals surface area contributed by atoms with Crippen LogP contribution in [-0.4, -0.2) is 13.2 Å². The Balaban J connectivity index is 1.69. The number of rotatable bonds is 7. The zero-order chi connectivity index (χ0) is 13.3. The molecule has 0 fully saturated rings. The molecule has 1 N–H and O–H groups in total. The normalized spacial score (nSPS) is 18.7. The lowest BCUT2D eigenvalue weighted by Gasteiger charge is -2.18. The number of hydrogen-bond donors (Lipinski definition) is 1. The van der Waals surface area contributed by atoms with Crippen molar-refractivity contribution in [3.63, 3.8) is 0 Å². The summed E-state index contributed by atoms with van der Waals surface area (Å²) in [5.41, 5.74) is 2.61. The fourth-order valence-electron chi connectivity index (χ4n) is 2.44. The van der Waals surface area contributed by atoms with Crippen molar-refractivity contribution in [1.82, 2.24) is 5.32 Å². The molecular weight excluding hydrogens is 234 g/mol. The van der Waals surface area contributed by atoms with E-state index >= 15 is 0 Å². The van der Waals surface area contributed by atoms with E-state index in [0.717, 1.165) is 32.2 Å². The summed E-state index contributed by atoms with van der Waals surface area (Å²) in [6.45, 7) is 5.62. The van der Waals surface area contributed by atoms with Crippen molar-refractivity contribution in [3.8, 4) is 0 Å². The number of hydrogen-bond acceptors (Lipinski definition) is 2. The van der Waals surface area contributed by atoms with Crippen LogP contribution in [-0.2, 0) is 17.9 Å². The summed E-state index contributed by atoms with van der Waals surface area (Å²) in [4.78, 5) is 0. The number of allylic oxidation sites excluding steroid dienone is 2. The van der Waals surface area contributed by atoms with Gasteiger partial charge in [0.15, 0.2) is 0 Å². The van der Waals surface area contributed by atoms with E-state index in [2.05, 4.69) is 41.7 Å². The fourth-order valence-corrected chi connectivity index (χ4v) is 2.44. The minimum absolute atomic E-state index is 0.721. The van der Waals surface area contributed by atoms with Gasteiger partial charge in [0.05, 0.1) is 6.61 Å². The minimum atomic E-state index is 0.721. The third-order valence-corrected chi connectivity index (χ3v) is 3.64. The highest BCUT2D eigenvalue weighted by molar-refractivity contribution is 5.21. The molecule has 0 saturated heterocycles. The summed E-state index contributed by atoms with van der Waals surface area (Å²) < 4.78 is 5.40. The molecule has 104 valence electrons. The molecule has 1 unspecified atom stereocenters. The van der Waals surface area contributed by atoms with Crippen LogP contribution >= 0.6 is 0 Å². The molecule has 1 aliphatic rings. The van der Waals surface area contributed by atoms with Crippen molar-refractivity contribution in [1.29, 1.82) is 0 Å². The molecule has 0 saturated carbocycles. The highest BCUT2D eigenvalue weighted by atomic mass is 16.5. The molecule has 2 rings (SSSR count). The maximum absolute atomic E-state index is 5.40. The molecule has 1 aromatic rings. The summed E-state index contributed by atoms with van der Waals surface area (Å²) in [5.74, 6) is 0.822. The second-order valence-electron chi connectivity index (χ2n) is 5.24. The SMILES string of the molecule is CCOCc1ccc(CNCC2CC=CCC2)cc1. The fraction of sp³-hybridized carbons (Fsp3) is 0.529. The van der Waals surface area contributed by atoms with Crippen LogP contribution in [0.15, 0.2) is 36.4 Å². The molecule has 2 nitrogen and oxygen atoms in total. The smallest absolute Gasteiger partial charge is 0.0716 e. The first-order valence-corrected chi connectivity index (χ1v) is 7.39. The lowest BCUT2D eigenvalue weighted by molar-refractivity contribution is 0.134. The number of ether oxygens (including phenoxy) is 1. The first-order valence-electron chi connectivity index (χ1n) is 7.39. The first kappa shape index (κ1) is 14.3. The van der Waals surface area contributed by atoms with Gasteiger partial charge in [-0.3, -0.25) is 0 Å². The molecule has 2 heteroatoms. The second kappa shape index (κ2) is 8.13. The summed E-state index contributed by atoms with van der Waals surface area (Å²) >= 11 is 0. The first-order chi connectivity index (χ1) is 9.38. The van der Waals surface area contributed by atoms with Crippen molar-refractivity contribution >= 4 is 0 Å². The molecule has 1 aliphatic carbocycles. The zero-order valence-corrected chi connectivity index (χ0v) is 11.9. The Bertz CT molecular complexity index is 383. The maximum atomic E-state index is 5.40. The van der Waals surface area contributed by atoms with Gasteiger partial charge in [-0.2, -0.15) is 0 Å². The van der Waals surface area contributed by atoms with Gasteiger partial charge >= 0.3 is 0 Å². The van der Waals surface area contributed by atoms with Crippen molar-refractivity contribution in [2.45, 2.75) is 39.3 Å². The van der Waals surface area contributed by atoms with Crippen molar-refractivity contribution in [3.05, 3.63) is 47.5 Å². The quantitative estimate of drug-likeness (QED) is 0.754. The van der Waals surface area contributed by atoms with Gasteiger partial charge in [-0.25, -0.2) is 0 Å². The Morgan fingerprint density at radius 3 is 2.63 bits per heavy atom. The van der Waals surface area contributed by atoms with E-state index in [4.69, 9.17) is 4.74 Å². The predicted octanol–water partition coefficient (Wildman–Crippen LogP) is 3.67. The van der Waals surface area contributed by atoms with Crippen LogP contribution in [0.5, 0.6) is 0 Å². The summed E-state index contributed by atoms with van der Waals surface area (Å²) in [6, 6.07) is 8.72. The van der Waals surface area contributed by atoms with Crippen LogP contribution in [0.25, 0.3) is 0 Å². The Labute approximate surface area is 116 Å². The van der Waals surface area contributed by atoms with Gasteiger partial charge in [-0.1, -0.05) is 36.4 Å². The summed E-state index contributed by atoms with van der Waals surface area (Å²) in [7, 11) is 0. The third kappa shape index (κ3) is 5.17. The molecular formula is C17H25NO. The van der Waals surface area contributed by atoms with Crippen LogP contribution < -0.4 is 5.32 Å². The molecule has 0 heterocycles. The largest absolute Gasteiger partial charge is 0.377 e. The van der Waals surface area contributed by atoms with Crippen molar-refractivity contribution in [2.24, 2.45) is 5.92 Å². The molecule has 1 aromatic carbocycles. The standard InChI is InChI=1S/C17H25NO/c1-2-19-14-17-10-8-16(9-11-17)13-18-12-15-6-4-3-5-7-15/h3-4,8-11,15,18H,2,5-7,12-14H2,1H3.